The van der Waals surface area contributed by atoms with Crippen LogP contribution in [0.2, 0.25) is 0 Å². The summed E-state index contributed by atoms with van der Waals surface area (Å²) in [5, 5.41) is 6.39. The maximum absolute atomic E-state index is 15.0. The number of carbonyl (C=O) groups is 2. The summed E-state index contributed by atoms with van der Waals surface area (Å²) in [5.74, 6) is -1.45. The van der Waals surface area contributed by atoms with Crippen molar-refractivity contribution in [3.63, 3.8) is 0 Å². The van der Waals surface area contributed by atoms with Crippen LogP contribution in [0.4, 0.5) is 46.9 Å². The van der Waals surface area contributed by atoms with Crippen molar-refractivity contribution in [1.29, 1.82) is 0 Å². The van der Waals surface area contributed by atoms with Crippen LogP contribution < -0.4 is 10.2 Å². The average molecular weight is 715 g/mol. The lowest BCUT2D eigenvalue weighted by Crippen LogP contribution is -2.31. The number of anilines is 2. The van der Waals surface area contributed by atoms with Crippen molar-refractivity contribution in [2.45, 2.75) is 30.1 Å². The molecule has 4 aromatic rings. The van der Waals surface area contributed by atoms with Gasteiger partial charge in [-0.05, 0) is 61.0 Å². The highest BCUT2D eigenvalue weighted by Crippen LogP contribution is 2.32. The highest BCUT2D eigenvalue weighted by atomic mass is 32.2. The number of hydrogen-bond acceptors (Lipinski definition) is 7. The van der Waals surface area contributed by atoms with Crippen LogP contribution in [0.1, 0.15) is 11.1 Å². The Morgan fingerprint density at radius 2 is 1.79 bits per heavy atom. The van der Waals surface area contributed by atoms with Crippen LogP contribution in [0.25, 0.3) is 17.1 Å². The number of carbonyl (C=O) groups excluding carboxylic acids is 2. The van der Waals surface area contributed by atoms with E-state index in [-0.39, 0.29) is 39.2 Å². The van der Waals surface area contributed by atoms with Gasteiger partial charge in [-0.1, -0.05) is 23.9 Å². The van der Waals surface area contributed by atoms with Gasteiger partial charge in [-0.15, -0.1) is 5.10 Å². The van der Waals surface area contributed by atoms with Crippen molar-refractivity contribution in [3.8, 4) is 17.1 Å². The summed E-state index contributed by atoms with van der Waals surface area (Å²) in [6.45, 7) is -0.262. The number of aromatic nitrogens is 3. The molecule has 5 rings (SSSR count). The molecular formula is C29H21F7N6O4S2. The van der Waals surface area contributed by atoms with E-state index in [1.807, 2.05) is 0 Å². The Kier molecular flexibility index (Phi) is 10.0. The molecule has 1 atom stereocenters. The van der Waals surface area contributed by atoms with Crippen LogP contribution in [-0.2, 0) is 26.9 Å². The zero-order chi connectivity index (χ0) is 34.8. The lowest BCUT2D eigenvalue weighted by Gasteiger charge is -2.21. The van der Waals surface area contributed by atoms with Crippen molar-refractivity contribution < 1.29 is 49.3 Å². The van der Waals surface area contributed by atoms with Gasteiger partial charge in [0, 0.05) is 16.0 Å². The van der Waals surface area contributed by atoms with Gasteiger partial charge in [0.1, 0.15) is 18.8 Å². The first kappa shape index (κ1) is 34.7. The topological polar surface area (TPSA) is 119 Å². The standard InChI is InChI=1S/C29H21F7N6O4S2/c1-16-2-3-18(12-46-14-28(31,32)33)23(10-16)42-24(43)13-47-27(42)39-26(44)38-22-9-4-17(11-21(22)30)25-37-15-41(40-25)19-5-7-20(8-6-19)48(45)29(34,35)36/h2-11,15H,12-14H2,1H3,(H,38,44). The van der Waals surface area contributed by atoms with E-state index in [1.54, 1.807) is 19.1 Å². The van der Waals surface area contributed by atoms with Gasteiger partial charge in [0.25, 0.3) is 0 Å². The third-order valence-electron chi connectivity index (χ3n) is 6.45. The molecule has 1 saturated heterocycles. The number of nitrogens with zero attached hydrogens (tertiary/aromatic N) is 5. The molecule has 3 aromatic carbocycles. The Morgan fingerprint density at radius 1 is 1.06 bits per heavy atom. The maximum atomic E-state index is 15.0. The first-order valence-electron chi connectivity index (χ1n) is 13.5. The fourth-order valence-electron chi connectivity index (χ4n) is 4.32. The van der Waals surface area contributed by atoms with E-state index in [9.17, 15) is 40.1 Å². The van der Waals surface area contributed by atoms with Crippen LogP contribution >= 0.6 is 11.8 Å². The van der Waals surface area contributed by atoms with Gasteiger partial charge >= 0.3 is 17.7 Å². The van der Waals surface area contributed by atoms with Crippen molar-refractivity contribution in [2.24, 2.45) is 4.99 Å². The number of urea groups is 1. The summed E-state index contributed by atoms with van der Waals surface area (Å²) in [6.07, 6.45) is -3.31. The minimum absolute atomic E-state index is 0.0413. The number of thioether (sulfide) groups is 1. The van der Waals surface area contributed by atoms with E-state index in [0.717, 1.165) is 34.9 Å². The number of nitrogens with one attached hydrogen (secondary N) is 1. The summed E-state index contributed by atoms with van der Waals surface area (Å²) in [4.78, 5) is 34.2. The molecule has 1 aliphatic heterocycles. The van der Waals surface area contributed by atoms with E-state index in [2.05, 4.69) is 20.4 Å². The van der Waals surface area contributed by atoms with Crippen molar-refractivity contribution >= 4 is 51.0 Å². The molecule has 0 aliphatic carbocycles. The monoisotopic (exact) mass is 714 g/mol. The van der Waals surface area contributed by atoms with E-state index in [0.29, 0.717) is 11.3 Å². The number of ether oxygens (including phenoxy) is 1. The van der Waals surface area contributed by atoms with E-state index in [4.69, 9.17) is 4.74 Å². The highest BCUT2D eigenvalue weighted by molar-refractivity contribution is 8.15. The zero-order valence-electron chi connectivity index (χ0n) is 24.3. The fourth-order valence-corrected chi connectivity index (χ4v) is 5.83. The lowest BCUT2D eigenvalue weighted by molar-refractivity contribution is -0.176. The van der Waals surface area contributed by atoms with Crippen LogP contribution in [0.5, 0.6) is 0 Å². The molecule has 1 aliphatic rings. The van der Waals surface area contributed by atoms with Gasteiger partial charge in [-0.25, -0.2) is 23.1 Å². The molecule has 1 unspecified atom stereocenters. The highest BCUT2D eigenvalue weighted by Gasteiger charge is 2.38. The molecule has 19 heteroatoms. The van der Waals surface area contributed by atoms with Crippen LogP contribution in [0, 0.1) is 12.7 Å². The minimum atomic E-state index is -4.91. The molecule has 3 amide bonds. The van der Waals surface area contributed by atoms with Gasteiger partial charge in [0.05, 0.1) is 29.4 Å². The predicted octanol–water partition coefficient (Wildman–Crippen LogP) is 6.76. The van der Waals surface area contributed by atoms with Gasteiger partial charge < -0.3 is 10.1 Å². The third-order valence-corrected chi connectivity index (χ3v) is 8.50. The molecule has 2 heterocycles. The summed E-state index contributed by atoms with van der Waals surface area (Å²) in [5.41, 5.74) is -3.59. The number of aliphatic imine (C=N–C) groups is 1. The fraction of sp³-hybridized carbons (Fsp3) is 0.207. The molecule has 1 aromatic heterocycles. The molecule has 48 heavy (non-hydrogen) atoms. The predicted molar refractivity (Wildman–Crippen MR) is 163 cm³/mol. The Labute approximate surface area is 273 Å². The smallest absolute Gasteiger partial charge is 0.367 e. The normalized spacial score (nSPS) is 15.3. The Balaban J connectivity index is 1.29. The van der Waals surface area contributed by atoms with E-state index >= 15 is 4.39 Å². The second kappa shape index (κ2) is 13.9. The average Bonchev–Trinajstić information content (AvgIpc) is 3.64. The zero-order valence-corrected chi connectivity index (χ0v) is 25.9. The van der Waals surface area contributed by atoms with Crippen molar-refractivity contribution in [3.05, 3.63) is 83.9 Å². The molecule has 0 saturated carbocycles. The second-order valence-electron chi connectivity index (χ2n) is 10.00. The number of rotatable bonds is 8. The maximum Gasteiger partial charge on any atom is 0.475 e. The van der Waals surface area contributed by atoms with Crippen LogP contribution in [-0.4, -0.2) is 60.1 Å². The lowest BCUT2D eigenvalue weighted by atomic mass is 10.1. The minimum Gasteiger partial charge on any atom is -0.367 e. The molecular weight excluding hydrogens is 693 g/mol. The summed E-state index contributed by atoms with van der Waals surface area (Å²) < 4.78 is 109. The van der Waals surface area contributed by atoms with Gasteiger partial charge in [-0.3, -0.25) is 9.69 Å². The number of benzene rings is 3. The number of amides is 3. The third kappa shape index (κ3) is 8.26. The van der Waals surface area contributed by atoms with Crippen LogP contribution in [0.3, 0.4) is 0 Å². The van der Waals surface area contributed by atoms with E-state index in [1.165, 1.54) is 41.3 Å². The quantitative estimate of drug-likeness (QED) is 0.201. The Hall–Kier alpha value is -4.62. The number of aryl methyl sites for hydroxylation is 1. The largest absolute Gasteiger partial charge is 0.475 e. The molecule has 10 nitrogen and oxygen atoms in total. The second-order valence-corrected chi connectivity index (χ2v) is 12.4. The number of hydrogen-bond donors (Lipinski definition) is 1. The number of alkyl halides is 6. The number of amidine groups is 1. The molecule has 252 valence electrons. The first-order valence-corrected chi connectivity index (χ1v) is 15.6. The van der Waals surface area contributed by atoms with Gasteiger partial charge in [0.15, 0.2) is 21.8 Å². The Morgan fingerprint density at radius 3 is 2.46 bits per heavy atom. The van der Waals surface area contributed by atoms with E-state index < -0.39 is 58.3 Å². The molecule has 1 fully saturated rings. The molecule has 0 radical (unpaired) electrons. The first-order chi connectivity index (χ1) is 22.6. The van der Waals surface area contributed by atoms with Crippen molar-refractivity contribution in [2.75, 3.05) is 22.6 Å². The van der Waals surface area contributed by atoms with Gasteiger partial charge in [0.2, 0.25) is 5.91 Å². The molecule has 0 spiro atoms. The molecule has 0 bridgehead atoms. The summed E-state index contributed by atoms with van der Waals surface area (Å²) in [7, 11) is -3.20. The summed E-state index contributed by atoms with van der Waals surface area (Å²) in [6, 6.07) is 11.9. The van der Waals surface area contributed by atoms with Gasteiger partial charge in [-0.2, -0.15) is 31.3 Å². The number of halogens is 7. The molecule has 1 N–H and O–H groups in total. The van der Waals surface area contributed by atoms with Crippen molar-refractivity contribution in [1.82, 2.24) is 14.8 Å². The summed E-state index contributed by atoms with van der Waals surface area (Å²) >= 11 is 0.910. The Bertz CT molecular complexity index is 1910. The SMILES string of the molecule is Cc1ccc(COCC(F)(F)F)c(N2C(=O)CSC2=NC(=O)Nc2ccc(-c3ncn(-c4ccc(S(=O)C(F)(F)F)cc4)n3)cc2F)c1. The van der Waals surface area contributed by atoms with Crippen LogP contribution in [0.15, 0.2) is 76.9 Å².